The van der Waals surface area contributed by atoms with Crippen LogP contribution in [0.3, 0.4) is 0 Å². The van der Waals surface area contributed by atoms with Crippen LogP contribution < -0.4 is 10.9 Å². The highest BCUT2D eigenvalue weighted by molar-refractivity contribution is 5.84. The van der Waals surface area contributed by atoms with Crippen molar-refractivity contribution in [1.82, 2.24) is 20.2 Å². The van der Waals surface area contributed by atoms with Crippen molar-refractivity contribution in [2.24, 2.45) is 5.92 Å². The van der Waals surface area contributed by atoms with Crippen molar-refractivity contribution in [2.45, 2.75) is 39.8 Å². The van der Waals surface area contributed by atoms with Crippen LogP contribution in [0.1, 0.15) is 32.0 Å². The fourth-order valence-electron chi connectivity index (χ4n) is 3.31. The van der Waals surface area contributed by atoms with Gasteiger partial charge in [0, 0.05) is 17.7 Å². The summed E-state index contributed by atoms with van der Waals surface area (Å²) in [5.74, 6) is -0.696. The number of hydrogen-bond acceptors (Lipinski definition) is 5. The molecule has 0 fully saturated rings. The summed E-state index contributed by atoms with van der Waals surface area (Å²) in [6.07, 6.45) is 0.348. The average molecular weight is 416 g/mol. The maximum Gasteiger partial charge on any atom is 0.328 e. The summed E-state index contributed by atoms with van der Waals surface area (Å²) >= 11 is 0. The monoisotopic (exact) mass is 416 g/mol. The number of urea groups is 1. The number of H-pyrrole nitrogens is 1. The third-order valence-electron chi connectivity index (χ3n) is 4.96. The van der Waals surface area contributed by atoms with Gasteiger partial charge in [-0.25, -0.2) is 19.0 Å². The number of halogens is 1. The molecular weight excluding hydrogens is 391 g/mol. The number of amides is 2. The molecule has 8 nitrogen and oxygen atoms in total. The first-order valence-corrected chi connectivity index (χ1v) is 9.90. The van der Waals surface area contributed by atoms with E-state index in [0.717, 1.165) is 0 Å². The number of hydrogen-bond donors (Lipinski definition) is 2. The predicted molar refractivity (Wildman–Crippen MR) is 108 cm³/mol. The molecule has 2 aromatic rings. The number of rotatable bonds is 5. The van der Waals surface area contributed by atoms with Gasteiger partial charge in [0.25, 0.3) is 5.56 Å². The standard InChI is InChI=1S/C21H25FN4O4/c1-4-30-20(28)17(12(2)3)24-21(29)26-10-9-15-16(11-26)23-18(25-19(15)27)13-5-7-14(22)8-6-13/h5-8,12,17H,4,9-11H2,1-3H3,(H,24,29)(H,23,25,27)/t17-/m1/s1. The highest BCUT2D eigenvalue weighted by atomic mass is 19.1. The predicted octanol–water partition coefficient (Wildman–Crippen LogP) is 2.23. The summed E-state index contributed by atoms with van der Waals surface area (Å²) in [4.78, 5) is 46.1. The highest BCUT2D eigenvalue weighted by Gasteiger charge is 2.30. The molecule has 0 spiro atoms. The first-order valence-electron chi connectivity index (χ1n) is 9.90. The van der Waals surface area contributed by atoms with E-state index in [0.29, 0.717) is 35.6 Å². The minimum absolute atomic E-state index is 0.132. The summed E-state index contributed by atoms with van der Waals surface area (Å²) in [7, 11) is 0. The molecular formula is C21H25FN4O4. The molecule has 0 saturated heterocycles. The van der Waals surface area contributed by atoms with E-state index in [9.17, 15) is 18.8 Å². The Hall–Kier alpha value is -3.23. The minimum Gasteiger partial charge on any atom is -0.464 e. The van der Waals surface area contributed by atoms with Crippen molar-refractivity contribution in [3.63, 3.8) is 0 Å². The molecule has 0 radical (unpaired) electrons. The van der Waals surface area contributed by atoms with Crippen molar-refractivity contribution in [3.8, 4) is 11.4 Å². The number of benzene rings is 1. The second-order valence-electron chi connectivity index (χ2n) is 7.44. The van der Waals surface area contributed by atoms with Gasteiger partial charge >= 0.3 is 12.0 Å². The molecule has 1 aromatic heterocycles. The first-order chi connectivity index (χ1) is 14.3. The average Bonchev–Trinajstić information content (AvgIpc) is 2.71. The van der Waals surface area contributed by atoms with Gasteiger partial charge in [0.15, 0.2) is 0 Å². The molecule has 30 heavy (non-hydrogen) atoms. The molecule has 2 heterocycles. The van der Waals surface area contributed by atoms with E-state index < -0.39 is 18.0 Å². The summed E-state index contributed by atoms with van der Waals surface area (Å²) < 4.78 is 18.2. The number of carbonyl (C=O) groups excluding carboxylic acids is 2. The second kappa shape index (κ2) is 9.06. The lowest BCUT2D eigenvalue weighted by Crippen LogP contribution is -2.52. The van der Waals surface area contributed by atoms with Crippen molar-refractivity contribution in [3.05, 3.63) is 51.7 Å². The van der Waals surface area contributed by atoms with E-state index >= 15 is 0 Å². The molecule has 3 rings (SSSR count). The largest absolute Gasteiger partial charge is 0.464 e. The lowest BCUT2D eigenvalue weighted by molar-refractivity contribution is -0.146. The normalized spacial score (nSPS) is 14.2. The highest BCUT2D eigenvalue weighted by Crippen LogP contribution is 2.19. The van der Waals surface area contributed by atoms with Gasteiger partial charge in [0.05, 0.1) is 18.8 Å². The Morgan fingerprint density at radius 1 is 1.30 bits per heavy atom. The molecule has 1 aliphatic rings. The summed E-state index contributed by atoms with van der Waals surface area (Å²) in [6, 6.07) is 4.45. The minimum atomic E-state index is -0.763. The van der Waals surface area contributed by atoms with Crippen LogP contribution in [0.2, 0.25) is 0 Å². The van der Waals surface area contributed by atoms with Crippen LogP contribution in [0, 0.1) is 11.7 Å². The Morgan fingerprint density at radius 2 is 2.00 bits per heavy atom. The maximum atomic E-state index is 13.2. The van der Waals surface area contributed by atoms with Crippen molar-refractivity contribution in [1.29, 1.82) is 0 Å². The molecule has 0 bridgehead atoms. The number of fused-ring (bicyclic) bond motifs is 1. The molecule has 1 atom stereocenters. The van der Waals surface area contributed by atoms with Crippen LogP contribution in [-0.4, -0.2) is 46.1 Å². The zero-order valence-electron chi connectivity index (χ0n) is 17.2. The van der Waals surface area contributed by atoms with Gasteiger partial charge in [0.1, 0.15) is 17.7 Å². The van der Waals surface area contributed by atoms with Crippen LogP contribution >= 0.6 is 0 Å². The van der Waals surface area contributed by atoms with Crippen LogP contribution in [0.4, 0.5) is 9.18 Å². The number of esters is 1. The topological polar surface area (TPSA) is 104 Å². The van der Waals surface area contributed by atoms with Crippen LogP contribution in [-0.2, 0) is 22.5 Å². The van der Waals surface area contributed by atoms with Gasteiger partial charge in [0.2, 0.25) is 0 Å². The Labute approximate surface area is 173 Å². The molecule has 0 saturated carbocycles. The number of aromatic amines is 1. The Morgan fingerprint density at radius 3 is 2.63 bits per heavy atom. The fourth-order valence-corrected chi connectivity index (χ4v) is 3.31. The summed E-state index contributed by atoms with van der Waals surface area (Å²) in [5.41, 5.74) is 1.30. The van der Waals surface area contributed by atoms with Crippen LogP contribution in [0.15, 0.2) is 29.1 Å². The molecule has 1 aliphatic heterocycles. The zero-order valence-corrected chi connectivity index (χ0v) is 17.2. The molecule has 9 heteroatoms. The molecule has 2 amide bonds. The number of carbonyl (C=O) groups is 2. The smallest absolute Gasteiger partial charge is 0.328 e. The van der Waals surface area contributed by atoms with Gasteiger partial charge in [-0.2, -0.15) is 0 Å². The summed E-state index contributed by atoms with van der Waals surface area (Å²) in [6.45, 7) is 6.04. The Balaban J connectivity index is 1.80. The number of nitrogens with zero attached hydrogens (tertiary/aromatic N) is 2. The number of aromatic nitrogens is 2. The van der Waals surface area contributed by atoms with Crippen LogP contribution in [0.25, 0.3) is 11.4 Å². The summed E-state index contributed by atoms with van der Waals surface area (Å²) in [5, 5.41) is 2.73. The van der Waals surface area contributed by atoms with E-state index in [1.165, 1.54) is 29.2 Å². The third-order valence-corrected chi connectivity index (χ3v) is 4.96. The zero-order chi connectivity index (χ0) is 21.8. The van der Waals surface area contributed by atoms with Gasteiger partial charge < -0.3 is 19.9 Å². The van der Waals surface area contributed by atoms with Gasteiger partial charge in [-0.3, -0.25) is 4.79 Å². The third kappa shape index (κ3) is 4.67. The molecule has 1 aromatic carbocycles. The lowest BCUT2D eigenvalue weighted by atomic mass is 10.0. The van der Waals surface area contributed by atoms with Crippen molar-refractivity contribution in [2.75, 3.05) is 13.2 Å². The van der Waals surface area contributed by atoms with E-state index in [-0.39, 0.29) is 30.4 Å². The number of ether oxygens (including phenoxy) is 1. The molecule has 160 valence electrons. The Kier molecular flexibility index (Phi) is 6.49. The SMILES string of the molecule is CCOC(=O)[C@H](NC(=O)N1CCc2c(nc(-c3ccc(F)cc3)[nH]c2=O)C1)C(C)C. The van der Waals surface area contributed by atoms with Crippen molar-refractivity contribution < 1.29 is 18.7 Å². The van der Waals surface area contributed by atoms with E-state index in [1.807, 2.05) is 13.8 Å². The molecule has 0 aliphatic carbocycles. The Bertz CT molecular complexity index is 987. The maximum absolute atomic E-state index is 13.2. The van der Waals surface area contributed by atoms with Gasteiger partial charge in [-0.15, -0.1) is 0 Å². The fraction of sp³-hybridized carbons (Fsp3) is 0.429. The molecule has 2 N–H and O–H groups in total. The van der Waals surface area contributed by atoms with E-state index in [2.05, 4.69) is 15.3 Å². The van der Waals surface area contributed by atoms with Gasteiger partial charge in [-0.05, 0) is 43.5 Å². The molecule has 0 unspecified atom stereocenters. The quantitative estimate of drug-likeness (QED) is 0.728. The second-order valence-corrected chi connectivity index (χ2v) is 7.44. The van der Waals surface area contributed by atoms with Crippen molar-refractivity contribution >= 4 is 12.0 Å². The lowest BCUT2D eigenvalue weighted by Gasteiger charge is -2.30. The van der Waals surface area contributed by atoms with E-state index in [1.54, 1.807) is 6.92 Å². The first kappa shape index (κ1) is 21.5. The van der Waals surface area contributed by atoms with Gasteiger partial charge in [-0.1, -0.05) is 13.8 Å². The van der Waals surface area contributed by atoms with E-state index in [4.69, 9.17) is 4.74 Å². The number of nitrogens with one attached hydrogen (secondary N) is 2. The van der Waals surface area contributed by atoms with Crippen LogP contribution in [0.5, 0.6) is 0 Å².